The molecule has 130 valence electrons. The lowest BCUT2D eigenvalue weighted by Crippen LogP contribution is -2.62. The molecule has 4 rings (SSSR count). The van der Waals surface area contributed by atoms with E-state index in [-0.39, 0.29) is 24.0 Å². The number of likely N-dealkylation sites (tertiary alicyclic amines) is 1. The maximum absolute atomic E-state index is 12.8. The molecule has 0 N–H and O–H groups in total. The first-order valence-electron chi connectivity index (χ1n) is 7.99. The van der Waals surface area contributed by atoms with Crippen LogP contribution in [0, 0.1) is 0 Å². The lowest BCUT2D eigenvalue weighted by atomic mass is 9.98. The van der Waals surface area contributed by atoms with Crippen molar-refractivity contribution in [2.24, 2.45) is 0 Å². The number of ether oxygens (including phenoxy) is 1. The number of rotatable bonds is 2. The highest BCUT2D eigenvalue weighted by atomic mass is 32.1. The summed E-state index contributed by atoms with van der Waals surface area (Å²) in [6.07, 6.45) is 5.09. The van der Waals surface area contributed by atoms with Gasteiger partial charge >= 0.3 is 0 Å². The first-order chi connectivity index (χ1) is 12.2. The molecular weight excluding hydrogens is 344 g/mol. The molecule has 2 saturated heterocycles. The molecule has 10 heteroatoms. The van der Waals surface area contributed by atoms with E-state index in [4.69, 9.17) is 4.74 Å². The van der Waals surface area contributed by atoms with Crippen molar-refractivity contribution in [1.29, 1.82) is 0 Å². The molecule has 2 aliphatic heterocycles. The van der Waals surface area contributed by atoms with Gasteiger partial charge < -0.3 is 14.5 Å². The largest absolute Gasteiger partial charge is 0.374 e. The standard InChI is InChI=1S/C15H16N6O3S/c22-14(11-9-25-19-18-11)20-4-1-13-12(8-20)21(5-6-24-13)15(23)10-7-16-2-3-17-10/h2-3,7,9,12-13H,1,4-6,8H2/t12-,13-/m0/s1. The molecule has 0 spiro atoms. The Morgan fingerprint density at radius 3 is 2.88 bits per heavy atom. The number of aromatic nitrogens is 4. The molecule has 0 bridgehead atoms. The Bertz CT molecular complexity index is 756. The van der Waals surface area contributed by atoms with E-state index < -0.39 is 0 Å². The summed E-state index contributed by atoms with van der Waals surface area (Å²) < 4.78 is 9.57. The van der Waals surface area contributed by atoms with Gasteiger partial charge in [-0.1, -0.05) is 4.49 Å². The van der Waals surface area contributed by atoms with Crippen molar-refractivity contribution in [3.8, 4) is 0 Å². The predicted molar refractivity (Wildman–Crippen MR) is 87.0 cm³/mol. The molecule has 0 unspecified atom stereocenters. The van der Waals surface area contributed by atoms with Gasteiger partial charge in [0.2, 0.25) is 0 Å². The average molecular weight is 360 g/mol. The number of carbonyl (C=O) groups excluding carboxylic acids is 2. The third-order valence-corrected chi connectivity index (χ3v) is 5.00. The summed E-state index contributed by atoms with van der Waals surface area (Å²) in [5.41, 5.74) is 0.641. The van der Waals surface area contributed by atoms with Gasteiger partial charge in [0.1, 0.15) is 5.69 Å². The third-order valence-electron chi connectivity index (χ3n) is 4.49. The number of carbonyl (C=O) groups is 2. The lowest BCUT2D eigenvalue weighted by Gasteiger charge is -2.46. The fourth-order valence-electron chi connectivity index (χ4n) is 3.29. The molecule has 2 aliphatic rings. The zero-order valence-electron chi connectivity index (χ0n) is 13.3. The van der Waals surface area contributed by atoms with Crippen molar-refractivity contribution in [3.05, 3.63) is 35.4 Å². The normalized spacial score (nSPS) is 23.2. The van der Waals surface area contributed by atoms with Gasteiger partial charge in [0.15, 0.2) is 5.69 Å². The van der Waals surface area contributed by atoms with E-state index in [0.717, 1.165) is 11.5 Å². The molecule has 2 fully saturated rings. The fraction of sp³-hybridized carbons (Fsp3) is 0.467. The summed E-state index contributed by atoms with van der Waals surface area (Å²) in [4.78, 5) is 36.9. The molecular formula is C15H16N6O3S. The van der Waals surface area contributed by atoms with Gasteiger partial charge in [-0.05, 0) is 18.0 Å². The first kappa shape index (κ1) is 16.0. The fourth-order valence-corrected chi connectivity index (χ4v) is 3.72. The monoisotopic (exact) mass is 360 g/mol. The number of piperidine rings is 1. The van der Waals surface area contributed by atoms with Crippen molar-refractivity contribution in [2.45, 2.75) is 18.6 Å². The van der Waals surface area contributed by atoms with Gasteiger partial charge in [0, 0.05) is 37.4 Å². The van der Waals surface area contributed by atoms with Crippen molar-refractivity contribution in [3.63, 3.8) is 0 Å². The highest BCUT2D eigenvalue weighted by Crippen LogP contribution is 2.25. The minimum atomic E-state index is -0.201. The van der Waals surface area contributed by atoms with Crippen LogP contribution in [0.1, 0.15) is 27.4 Å². The van der Waals surface area contributed by atoms with Crippen molar-refractivity contribution < 1.29 is 14.3 Å². The molecule has 0 aliphatic carbocycles. The van der Waals surface area contributed by atoms with Crippen molar-refractivity contribution in [1.82, 2.24) is 29.4 Å². The van der Waals surface area contributed by atoms with Gasteiger partial charge in [-0.2, -0.15) is 0 Å². The summed E-state index contributed by atoms with van der Waals surface area (Å²) >= 11 is 1.14. The SMILES string of the molecule is O=C(c1csnn1)N1CC[C@@H]2OCCN(C(=O)c3cnccn3)[C@H]2C1. The second-order valence-electron chi connectivity index (χ2n) is 5.90. The Morgan fingerprint density at radius 1 is 1.20 bits per heavy atom. The molecule has 9 nitrogen and oxygen atoms in total. The van der Waals surface area contributed by atoms with E-state index in [2.05, 4.69) is 19.6 Å². The van der Waals surface area contributed by atoms with Crippen LogP contribution in [-0.2, 0) is 4.74 Å². The van der Waals surface area contributed by atoms with Crippen LogP contribution < -0.4 is 0 Å². The van der Waals surface area contributed by atoms with Gasteiger partial charge in [0.05, 0.1) is 24.9 Å². The van der Waals surface area contributed by atoms with E-state index in [0.29, 0.717) is 44.0 Å². The van der Waals surface area contributed by atoms with Gasteiger partial charge in [-0.3, -0.25) is 14.6 Å². The molecule has 2 aromatic heterocycles. The zero-order chi connectivity index (χ0) is 17.2. The summed E-state index contributed by atoms with van der Waals surface area (Å²) in [6, 6.07) is -0.201. The van der Waals surface area contributed by atoms with Crippen LogP contribution in [-0.4, -0.2) is 79.6 Å². The van der Waals surface area contributed by atoms with Crippen LogP contribution in [0.4, 0.5) is 0 Å². The highest BCUT2D eigenvalue weighted by molar-refractivity contribution is 7.03. The van der Waals surface area contributed by atoms with Crippen LogP contribution in [0.25, 0.3) is 0 Å². The molecule has 2 amide bonds. The number of hydrogen-bond acceptors (Lipinski definition) is 8. The molecule has 4 heterocycles. The highest BCUT2D eigenvalue weighted by Gasteiger charge is 2.41. The van der Waals surface area contributed by atoms with Crippen LogP contribution in [0.2, 0.25) is 0 Å². The molecule has 0 saturated carbocycles. The van der Waals surface area contributed by atoms with Crippen molar-refractivity contribution >= 4 is 23.3 Å². The van der Waals surface area contributed by atoms with E-state index >= 15 is 0 Å². The first-order valence-corrected chi connectivity index (χ1v) is 8.82. The summed E-state index contributed by atoms with van der Waals surface area (Å²) in [7, 11) is 0. The molecule has 2 aromatic rings. The summed E-state index contributed by atoms with van der Waals surface area (Å²) in [6.45, 7) is 1.94. The van der Waals surface area contributed by atoms with Crippen LogP contribution in [0.15, 0.2) is 24.0 Å². The number of amides is 2. The Balaban J connectivity index is 1.54. The minimum Gasteiger partial charge on any atom is -0.374 e. The van der Waals surface area contributed by atoms with Gasteiger partial charge in [0.25, 0.3) is 11.8 Å². The van der Waals surface area contributed by atoms with Crippen LogP contribution >= 0.6 is 11.5 Å². The van der Waals surface area contributed by atoms with E-state index in [1.165, 1.54) is 18.6 Å². The average Bonchev–Trinajstić information content (AvgIpc) is 3.21. The lowest BCUT2D eigenvalue weighted by molar-refractivity contribution is -0.0856. The Morgan fingerprint density at radius 2 is 2.12 bits per heavy atom. The van der Waals surface area contributed by atoms with Crippen LogP contribution in [0.5, 0.6) is 0 Å². The predicted octanol–water partition coefficient (Wildman–Crippen LogP) is 0.0838. The number of nitrogens with zero attached hydrogens (tertiary/aromatic N) is 6. The molecule has 25 heavy (non-hydrogen) atoms. The molecule has 2 atom stereocenters. The van der Waals surface area contributed by atoms with E-state index in [9.17, 15) is 9.59 Å². The second-order valence-corrected chi connectivity index (χ2v) is 6.51. The minimum absolute atomic E-state index is 0.0769. The zero-order valence-corrected chi connectivity index (χ0v) is 14.1. The number of fused-ring (bicyclic) bond motifs is 1. The molecule has 0 aromatic carbocycles. The van der Waals surface area contributed by atoms with Crippen LogP contribution in [0.3, 0.4) is 0 Å². The summed E-state index contributed by atoms with van der Waals surface area (Å²) in [5, 5.41) is 5.48. The number of morpholine rings is 1. The third kappa shape index (κ3) is 3.10. The molecule has 0 radical (unpaired) electrons. The van der Waals surface area contributed by atoms with Gasteiger partial charge in [-0.25, -0.2) is 4.98 Å². The maximum Gasteiger partial charge on any atom is 0.275 e. The van der Waals surface area contributed by atoms with Crippen molar-refractivity contribution in [2.75, 3.05) is 26.2 Å². The van der Waals surface area contributed by atoms with Gasteiger partial charge in [-0.15, -0.1) is 5.10 Å². The van der Waals surface area contributed by atoms with E-state index in [1.54, 1.807) is 15.2 Å². The Kier molecular flexibility index (Phi) is 4.36. The maximum atomic E-state index is 12.8. The topological polar surface area (TPSA) is 101 Å². The van der Waals surface area contributed by atoms with E-state index in [1.807, 2.05) is 0 Å². The second kappa shape index (κ2) is 6.81. The quantitative estimate of drug-likeness (QED) is 0.747. The Hall–Kier alpha value is -2.46. The summed E-state index contributed by atoms with van der Waals surface area (Å²) in [5.74, 6) is -0.347. The number of hydrogen-bond donors (Lipinski definition) is 0. The Labute approximate surface area is 147 Å². The smallest absolute Gasteiger partial charge is 0.275 e.